The largest absolute Gasteiger partial charge is 0.492 e. The van der Waals surface area contributed by atoms with Crippen molar-refractivity contribution in [1.82, 2.24) is 14.9 Å². The first-order valence-electron chi connectivity index (χ1n) is 7.65. The number of hydrogen-bond donors (Lipinski definition) is 2. The van der Waals surface area contributed by atoms with Gasteiger partial charge in [-0.05, 0) is 19.1 Å². The second-order valence-electron chi connectivity index (χ2n) is 5.47. The lowest BCUT2D eigenvalue weighted by atomic mass is 10.2. The van der Waals surface area contributed by atoms with E-state index < -0.39 is 10.0 Å². The standard InChI is InChI=1S/C15H25N3O3S.ClH/c1-14-2-4-15(5-3-14)21-12-13-22(19,20)17-8-11-18-9-6-16-7-10-18;/h2-5,16-17H,6-13H2,1H3;1H. The van der Waals surface area contributed by atoms with E-state index in [-0.39, 0.29) is 24.8 Å². The van der Waals surface area contributed by atoms with Crippen LogP contribution in [0.15, 0.2) is 24.3 Å². The van der Waals surface area contributed by atoms with Crippen molar-refractivity contribution >= 4 is 22.4 Å². The molecule has 0 radical (unpaired) electrons. The van der Waals surface area contributed by atoms with Crippen LogP contribution in [0, 0.1) is 6.92 Å². The van der Waals surface area contributed by atoms with Crippen LogP contribution >= 0.6 is 12.4 Å². The van der Waals surface area contributed by atoms with Crippen LogP contribution < -0.4 is 14.8 Å². The third kappa shape index (κ3) is 7.99. The summed E-state index contributed by atoms with van der Waals surface area (Å²) in [6.45, 7) is 7.24. The summed E-state index contributed by atoms with van der Waals surface area (Å²) in [4.78, 5) is 2.25. The van der Waals surface area contributed by atoms with E-state index in [1.807, 2.05) is 31.2 Å². The first-order chi connectivity index (χ1) is 10.6. The van der Waals surface area contributed by atoms with E-state index in [1.54, 1.807) is 0 Å². The Bertz CT molecular complexity index is 546. The molecule has 0 aliphatic carbocycles. The van der Waals surface area contributed by atoms with Crippen molar-refractivity contribution in [2.75, 3.05) is 51.6 Å². The number of hydrogen-bond acceptors (Lipinski definition) is 5. The van der Waals surface area contributed by atoms with Crippen molar-refractivity contribution in [2.24, 2.45) is 0 Å². The van der Waals surface area contributed by atoms with Crippen molar-refractivity contribution in [3.05, 3.63) is 29.8 Å². The molecule has 6 nitrogen and oxygen atoms in total. The maximum atomic E-state index is 11.9. The van der Waals surface area contributed by atoms with Gasteiger partial charge in [0.1, 0.15) is 12.4 Å². The molecule has 0 atom stereocenters. The number of ether oxygens (including phenoxy) is 1. The van der Waals surface area contributed by atoms with Crippen LogP contribution in [-0.4, -0.2) is 64.9 Å². The summed E-state index contributed by atoms with van der Waals surface area (Å²) in [5, 5.41) is 3.27. The van der Waals surface area contributed by atoms with E-state index in [4.69, 9.17) is 4.74 Å². The van der Waals surface area contributed by atoms with Crippen LogP contribution in [0.3, 0.4) is 0 Å². The van der Waals surface area contributed by atoms with Crippen molar-refractivity contribution in [3.63, 3.8) is 0 Å². The van der Waals surface area contributed by atoms with Crippen molar-refractivity contribution in [3.8, 4) is 5.75 Å². The minimum absolute atomic E-state index is 0. The Morgan fingerprint density at radius 1 is 1.22 bits per heavy atom. The molecule has 0 aromatic heterocycles. The van der Waals surface area contributed by atoms with Gasteiger partial charge in [0, 0.05) is 39.3 Å². The zero-order valence-electron chi connectivity index (χ0n) is 13.5. The van der Waals surface area contributed by atoms with Gasteiger partial charge in [-0.1, -0.05) is 17.7 Å². The Morgan fingerprint density at radius 3 is 2.52 bits per heavy atom. The fraction of sp³-hybridized carbons (Fsp3) is 0.600. The van der Waals surface area contributed by atoms with Gasteiger partial charge >= 0.3 is 0 Å². The lowest BCUT2D eigenvalue weighted by Crippen LogP contribution is -2.46. The normalized spacial score (nSPS) is 15.9. The molecule has 8 heteroatoms. The Kier molecular flexibility index (Phi) is 8.86. The SMILES string of the molecule is Cc1ccc(OCCS(=O)(=O)NCCN2CCNCC2)cc1.Cl. The summed E-state index contributed by atoms with van der Waals surface area (Å²) >= 11 is 0. The van der Waals surface area contributed by atoms with Crippen LogP contribution in [0.1, 0.15) is 5.56 Å². The lowest BCUT2D eigenvalue weighted by molar-refractivity contribution is 0.245. The average Bonchev–Trinajstić information content (AvgIpc) is 2.50. The van der Waals surface area contributed by atoms with Crippen molar-refractivity contribution in [1.29, 1.82) is 0 Å². The lowest BCUT2D eigenvalue weighted by Gasteiger charge is -2.27. The number of aryl methyl sites for hydroxylation is 1. The zero-order chi connectivity index (χ0) is 15.8. The molecular weight excluding hydrogens is 338 g/mol. The molecule has 1 heterocycles. The summed E-state index contributed by atoms with van der Waals surface area (Å²) in [6, 6.07) is 7.57. The molecule has 1 aromatic carbocycles. The molecule has 2 N–H and O–H groups in total. The van der Waals surface area contributed by atoms with Gasteiger partial charge in [-0.2, -0.15) is 0 Å². The molecule has 0 bridgehead atoms. The van der Waals surface area contributed by atoms with E-state index in [1.165, 1.54) is 0 Å². The van der Waals surface area contributed by atoms with Gasteiger partial charge in [0.25, 0.3) is 0 Å². The third-order valence-corrected chi connectivity index (χ3v) is 4.95. The van der Waals surface area contributed by atoms with E-state index in [2.05, 4.69) is 14.9 Å². The minimum Gasteiger partial charge on any atom is -0.492 e. The second kappa shape index (κ2) is 10.1. The molecule has 1 fully saturated rings. The smallest absolute Gasteiger partial charge is 0.214 e. The summed E-state index contributed by atoms with van der Waals surface area (Å²) in [7, 11) is -3.28. The number of benzene rings is 1. The first-order valence-corrected chi connectivity index (χ1v) is 9.30. The zero-order valence-corrected chi connectivity index (χ0v) is 15.1. The molecule has 0 unspecified atom stereocenters. The quantitative estimate of drug-likeness (QED) is 0.708. The van der Waals surface area contributed by atoms with E-state index in [0.717, 1.165) is 38.3 Å². The molecule has 132 valence electrons. The maximum Gasteiger partial charge on any atom is 0.214 e. The van der Waals surface area contributed by atoms with E-state index >= 15 is 0 Å². The Hall–Kier alpha value is -0.860. The van der Waals surface area contributed by atoms with Gasteiger partial charge in [0.05, 0.1) is 5.75 Å². The summed E-state index contributed by atoms with van der Waals surface area (Å²) < 4.78 is 31.9. The van der Waals surface area contributed by atoms with E-state index in [0.29, 0.717) is 12.3 Å². The number of sulfonamides is 1. The average molecular weight is 364 g/mol. The Balaban J connectivity index is 0.00000264. The number of rotatable bonds is 8. The summed E-state index contributed by atoms with van der Waals surface area (Å²) in [6.07, 6.45) is 0. The van der Waals surface area contributed by atoms with Crippen LogP contribution in [0.25, 0.3) is 0 Å². The molecule has 2 rings (SSSR count). The van der Waals surface area contributed by atoms with E-state index in [9.17, 15) is 8.42 Å². The molecule has 0 saturated carbocycles. The highest BCUT2D eigenvalue weighted by Crippen LogP contribution is 2.11. The van der Waals surface area contributed by atoms with Gasteiger partial charge in [-0.3, -0.25) is 4.90 Å². The fourth-order valence-corrected chi connectivity index (χ4v) is 3.12. The molecule has 1 aromatic rings. The minimum atomic E-state index is -3.28. The second-order valence-corrected chi connectivity index (χ2v) is 7.39. The van der Waals surface area contributed by atoms with Crippen LogP contribution in [0.5, 0.6) is 5.75 Å². The first kappa shape index (κ1) is 20.2. The highest BCUT2D eigenvalue weighted by molar-refractivity contribution is 7.89. The number of piperazine rings is 1. The van der Waals surface area contributed by atoms with Crippen LogP contribution in [0.2, 0.25) is 0 Å². The summed E-state index contributed by atoms with van der Waals surface area (Å²) in [5.41, 5.74) is 1.15. The monoisotopic (exact) mass is 363 g/mol. The van der Waals surface area contributed by atoms with Crippen LogP contribution in [0.4, 0.5) is 0 Å². The molecule has 1 aliphatic heterocycles. The highest BCUT2D eigenvalue weighted by Gasteiger charge is 2.13. The predicted molar refractivity (Wildman–Crippen MR) is 95.0 cm³/mol. The topological polar surface area (TPSA) is 70.7 Å². The Morgan fingerprint density at radius 2 is 1.87 bits per heavy atom. The molecule has 1 aliphatic rings. The van der Waals surface area contributed by atoms with Gasteiger partial charge in [0.15, 0.2) is 0 Å². The molecular formula is C15H26ClN3O3S. The third-order valence-electron chi connectivity index (χ3n) is 3.60. The summed E-state index contributed by atoms with van der Waals surface area (Å²) in [5.74, 6) is 0.671. The van der Waals surface area contributed by atoms with Crippen molar-refractivity contribution in [2.45, 2.75) is 6.92 Å². The van der Waals surface area contributed by atoms with Gasteiger partial charge in [-0.15, -0.1) is 12.4 Å². The molecule has 0 amide bonds. The fourth-order valence-electron chi connectivity index (χ4n) is 2.27. The highest BCUT2D eigenvalue weighted by atomic mass is 35.5. The number of halogens is 1. The van der Waals surface area contributed by atoms with Gasteiger partial charge < -0.3 is 10.1 Å². The Labute approximate surface area is 145 Å². The molecule has 1 saturated heterocycles. The molecule has 0 spiro atoms. The van der Waals surface area contributed by atoms with Crippen molar-refractivity contribution < 1.29 is 13.2 Å². The van der Waals surface area contributed by atoms with Gasteiger partial charge in [0.2, 0.25) is 10.0 Å². The van der Waals surface area contributed by atoms with Crippen LogP contribution in [-0.2, 0) is 10.0 Å². The number of nitrogens with zero attached hydrogens (tertiary/aromatic N) is 1. The predicted octanol–water partition coefficient (Wildman–Crippen LogP) is 0.620. The molecule has 23 heavy (non-hydrogen) atoms. The maximum absolute atomic E-state index is 11.9. The van der Waals surface area contributed by atoms with Gasteiger partial charge in [-0.25, -0.2) is 13.1 Å². The number of nitrogens with one attached hydrogen (secondary N) is 2.